The molecular weight excluding hydrogens is 270 g/mol. The molecule has 2 rings (SSSR count). The Kier molecular flexibility index (Phi) is 4.86. The van der Waals surface area contributed by atoms with Crippen LogP contribution in [0.3, 0.4) is 0 Å². The van der Waals surface area contributed by atoms with Crippen molar-refractivity contribution in [3.05, 3.63) is 35.7 Å². The van der Waals surface area contributed by atoms with Crippen molar-refractivity contribution in [2.24, 2.45) is 0 Å². The second kappa shape index (κ2) is 6.83. The third-order valence-electron chi connectivity index (χ3n) is 2.85. The topological polar surface area (TPSA) is 81.9 Å². The van der Waals surface area contributed by atoms with Gasteiger partial charge in [0, 0.05) is 12.1 Å². The molecule has 0 radical (unpaired) electrons. The van der Waals surface area contributed by atoms with E-state index >= 15 is 0 Å². The van der Waals surface area contributed by atoms with Gasteiger partial charge in [-0.25, -0.2) is 4.68 Å². The van der Waals surface area contributed by atoms with E-state index in [1.165, 1.54) is 0 Å². The molecule has 1 heterocycles. The minimum Gasteiger partial charge on any atom is -0.486 e. The Morgan fingerprint density at radius 3 is 2.95 bits per heavy atom. The van der Waals surface area contributed by atoms with Crippen molar-refractivity contribution in [1.29, 1.82) is 0 Å². The minimum absolute atomic E-state index is 0.116. The van der Waals surface area contributed by atoms with Crippen LogP contribution in [0.1, 0.15) is 43.0 Å². The number of amides is 1. The monoisotopic (exact) mass is 289 g/mol. The average molecular weight is 289 g/mol. The number of carbonyl (C=O) groups excluding carboxylic acids is 1. The van der Waals surface area contributed by atoms with Gasteiger partial charge in [0.05, 0.1) is 6.04 Å². The summed E-state index contributed by atoms with van der Waals surface area (Å²) < 4.78 is 7.37. The Morgan fingerprint density at radius 1 is 1.43 bits per heavy atom. The molecule has 0 atom stereocenters. The number of rotatable bonds is 6. The molecule has 0 saturated carbocycles. The number of benzene rings is 1. The fourth-order valence-electron chi connectivity index (χ4n) is 1.85. The summed E-state index contributed by atoms with van der Waals surface area (Å²) in [6.45, 7) is 6.71. The lowest BCUT2D eigenvalue weighted by atomic mass is 10.2. The van der Waals surface area contributed by atoms with Gasteiger partial charge in [0.25, 0.3) is 5.91 Å². The SMILES string of the molecule is CCNC(=O)c1cccc(OCc2nnnn2C(C)C)c1. The lowest BCUT2D eigenvalue weighted by Crippen LogP contribution is -2.22. The number of hydrogen-bond acceptors (Lipinski definition) is 5. The summed E-state index contributed by atoms with van der Waals surface area (Å²) >= 11 is 0. The maximum absolute atomic E-state index is 11.8. The van der Waals surface area contributed by atoms with Crippen LogP contribution >= 0.6 is 0 Å². The maximum Gasteiger partial charge on any atom is 0.251 e. The second-order valence-electron chi connectivity index (χ2n) is 4.81. The van der Waals surface area contributed by atoms with Gasteiger partial charge in [0.2, 0.25) is 0 Å². The van der Waals surface area contributed by atoms with Gasteiger partial charge in [0.1, 0.15) is 12.4 Å². The van der Waals surface area contributed by atoms with Gasteiger partial charge in [-0.05, 0) is 49.4 Å². The number of tetrazole rings is 1. The predicted octanol–water partition coefficient (Wildman–Crippen LogP) is 1.58. The molecule has 0 unspecified atom stereocenters. The predicted molar refractivity (Wildman–Crippen MR) is 77.0 cm³/mol. The first kappa shape index (κ1) is 15.0. The molecule has 112 valence electrons. The Labute approximate surface area is 123 Å². The van der Waals surface area contributed by atoms with E-state index in [0.717, 1.165) is 0 Å². The quantitative estimate of drug-likeness (QED) is 0.873. The zero-order valence-corrected chi connectivity index (χ0v) is 12.4. The van der Waals surface area contributed by atoms with Crippen molar-refractivity contribution >= 4 is 5.91 Å². The highest BCUT2D eigenvalue weighted by atomic mass is 16.5. The molecule has 0 aliphatic carbocycles. The molecule has 1 amide bonds. The number of hydrogen-bond donors (Lipinski definition) is 1. The van der Waals surface area contributed by atoms with E-state index in [-0.39, 0.29) is 18.6 Å². The van der Waals surface area contributed by atoms with Crippen LogP contribution in [0.4, 0.5) is 0 Å². The molecule has 2 aromatic rings. The van der Waals surface area contributed by atoms with Crippen LogP contribution in [0.15, 0.2) is 24.3 Å². The molecule has 0 bridgehead atoms. The lowest BCUT2D eigenvalue weighted by Gasteiger charge is -2.10. The van der Waals surface area contributed by atoms with Crippen molar-refractivity contribution in [2.45, 2.75) is 33.4 Å². The molecule has 21 heavy (non-hydrogen) atoms. The standard InChI is InChI=1S/C14H19N5O2/c1-4-15-14(20)11-6-5-7-12(8-11)21-9-13-16-17-18-19(13)10(2)3/h5-8,10H,4,9H2,1-3H3,(H,15,20). The van der Waals surface area contributed by atoms with Crippen molar-refractivity contribution < 1.29 is 9.53 Å². The summed E-state index contributed by atoms with van der Waals surface area (Å²) in [5.74, 6) is 1.14. The number of ether oxygens (including phenoxy) is 1. The van der Waals surface area contributed by atoms with E-state index in [2.05, 4.69) is 20.8 Å². The summed E-state index contributed by atoms with van der Waals surface area (Å²) in [6.07, 6.45) is 0. The van der Waals surface area contributed by atoms with E-state index in [9.17, 15) is 4.79 Å². The number of carbonyl (C=O) groups is 1. The van der Waals surface area contributed by atoms with E-state index < -0.39 is 0 Å². The number of nitrogens with one attached hydrogen (secondary N) is 1. The average Bonchev–Trinajstić information content (AvgIpc) is 2.94. The highest BCUT2D eigenvalue weighted by Gasteiger charge is 2.10. The summed E-state index contributed by atoms with van der Waals surface area (Å²) in [5, 5.41) is 14.2. The largest absolute Gasteiger partial charge is 0.486 e. The van der Waals surface area contributed by atoms with Gasteiger partial charge < -0.3 is 10.1 Å². The first-order valence-electron chi connectivity index (χ1n) is 6.89. The van der Waals surface area contributed by atoms with Crippen LogP contribution in [0.2, 0.25) is 0 Å². The van der Waals surface area contributed by atoms with Gasteiger partial charge >= 0.3 is 0 Å². The normalized spacial score (nSPS) is 10.7. The van der Waals surface area contributed by atoms with Gasteiger partial charge in [-0.15, -0.1) is 5.10 Å². The van der Waals surface area contributed by atoms with Crippen LogP contribution in [-0.4, -0.2) is 32.7 Å². The molecule has 1 aromatic heterocycles. The Balaban J connectivity index is 2.05. The summed E-state index contributed by atoms with van der Waals surface area (Å²) in [5.41, 5.74) is 0.567. The first-order valence-corrected chi connectivity index (χ1v) is 6.89. The molecule has 1 aromatic carbocycles. The molecule has 7 nitrogen and oxygen atoms in total. The third-order valence-corrected chi connectivity index (χ3v) is 2.85. The molecular formula is C14H19N5O2. The van der Waals surface area contributed by atoms with E-state index in [1.807, 2.05) is 20.8 Å². The minimum atomic E-state index is -0.116. The third kappa shape index (κ3) is 3.77. The van der Waals surface area contributed by atoms with Crippen LogP contribution in [0.25, 0.3) is 0 Å². The number of nitrogens with zero attached hydrogens (tertiary/aromatic N) is 4. The molecule has 0 aliphatic heterocycles. The van der Waals surface area contributed by atoms with Crippen LogP contribution < -0.4 is 10.1 Å². The van der Waals surface area contributed by atoms with Gasteiger partial charge in [-0.2, -0.15) is 0 Å². The zero-order chi connectivity index (χ0) is 15.2. The van der Waals surface area contributed by atoms with Crippen LogP contribution in [-0.2, 0) is 6.61 Å². The van der Waals surface area contributed by atoms with E-state index in [0.29, 0.717) is 23.7 Å². The Hall–Kier alpha value is -2.44. The molecule has 0 spiro atoms. The van der Waals surface area contributed by atoms with E-state index in [4.69, 9.17) is 4.74 Å². The smallest absolute Gasteiger partial charge is 0.251 e. The summed E-state index contributed by atoms with van der Waals surface area (Å²) in [4.78, 5) is 11.8. The molecule has 1 N–H and O–H groups in total. The van der Waals surface area contributed by atoms with Crippen molar-refractivity contribution in [3.63, 3.8) is 0 Å². The van der Waals surface area contributed by atoms with Gasteiger partial charge in [-0.1, -0.05) is 6.07 Å². The molecule has 0 aliphatic rings. The fourth-order valence-corrected chi connectivity index (χ4v) is 1.85. The molecule has 7 heteroatoms. The zero-order valence-electron chi connectivity index (χ0n) is 12.4. The van der Waals surface area contributed by atoms with E-state index in [1.54, 1.807) is 28.9 Å². The summed E-state index contributed by atoms with van der Waals surface area (Å²) in [6, 6.07) is 7.20. The maximum atomic E-state index is 11.8. The fraction of sp³-hybridized carbons (Fsp3) is 0.429. The second-order valence-corrected chi connectivity index (χ2v) is 4.81. The van der Waals surface area contributed by atoms with Crippen molar-refractivity contribution in [2.75, 3.05) is 6.54 Å². The van der Waals surface area contributed by atoms with Crippen LogP contribution in [0, 0.1) is 0 Å². The Morgan fingerprint density at radius 2 is 2.24 bits per heavy atom. The van der Waals surface area contributed by atoms with Crippen LogP contribution in [0.5, 0.6) is 5.75 Å². The van der Waals surface area contributed by atoms with Gasteiger partial charge in [0.15, 0.2) is 5.82 Å². The summed E-state index contributed by atoms with van der Waals surface area (Å²) in [7, 11) is 0. The first-order chi connectivity index (χ1) is 10.1. The Bertz CT molecular complexity index is 609. The molecule has 0 saturated heterocycles. The highest BCUT2D eigenvalue weighted by molar-refractivity contribution is 5.94. The number of aromatic nitrogens is 4. The molecule has 0 fully saturated rings. The van der Waals surface area contributed by atoms with Crippen molar-refractivity contribution in [3.8, 4) is 5.75 Å². The highest BCUT2D eigenvalue weighted by Crippen LogP contribution is 2.15. The van der Waals surface area contributed by atoms with Gasteiger partial charge in [-0.3, -0.25) is 4.79 Å². The lowest BCUT2D eigenvalue weighted by molar-refractivity contribution is 0.0955. The van der Waals surface area contributed by atoms with Crippen molar-refractivity contribution in [1.82, 2.24) is 25.5 Å².